The van der Waals surface area contributed by atoms with E-state index >= 15 is 0 Å². The third kappa shape index (κ3) is 4.80. The molecule has 2 aromatic carbocycles. The number of para-hydroxylation sites is 1. The normalized spacial score (nSPS) is 17.8. The number of nitrogens with two attached hydrogens (primary N) is 2. The van der Waals surface area contributed by atoms with Crippen LogP contribution < -0.4 is 22.1 Å². The molecule has 0 bridgehead atoms. The Hall–Kier alpha value is -3.92. The smallest absolute Gasteiger partial charge is 0.323 e. The van der Waals surface area contributed by atoms with Crippen LogP contribution >= 0.6 is 0 Å². The number of rotatable bonds is 5. The van der Waals surface area contributed by atoms with Crippen molar-refractivity contribution in [1.29, 1.82) is 0 Å². The molecule has 3 aromatic rings. The second kappa shape index (κ2) is 9.29. The van der Waals surface area contributed by atoms with Crippen LogP contribution in [0.25, 0.3) is 10.9 Å². The van der Waals surface area contributed by atoms with Crippen molar-refractivity contribution >= 4 is 34.6 Å². The van der Waals surface area contributed by atoms with Gasteiger partial charge in [0.1, 0.15) is 11.9 Å². The fraction of sp³-hybridized carbons (Fsp3) is 0.261. The highest BCUT2D eigenvalue weighted by atomic mass is 19.1. The number of aromatic nitrogens is 1. The summed E-state index contributed by atoms with van der Waals surface area (Å²) in [6, 6.07) is 10.9. The number of benzene rings is 2. The molecule has 0 aliphatic carbocycles. The number of amides is 4. The lowest BCUT2D eigenvalue weighted by atomic mass is 10.1. The topological polar surface area (TPSA) is 135 Å². The standard InChI is InChI=1S/C23H25FN6O3/c24-15-5-3-4-14(10-15)8-9-27-21(31)20-11-16(25)12-30(20)23(33)28-18-13-29(22(26)32)19-7-2-1-6-17(18)19/h1-7,10,13,16,20H,8-9,11-12,25H2,(H2,26,32)(H,27,31)(H,28,33)/t16-,20-/m0/s1. The first-order valence-corrected chi connectivity index (χ1v) is 10.6. The van der Waals surface area contributed by atoms with Gasteiger partial charge in [-0.25, -0.2) is 14.0 Å². The number of likely N-dealkylation sites (tertiary alicyclic amines) is 1. The van der Waals surface area contributed by atoms with Gasteiger partial charge in [0, 0.05) is 30.7 Å². The van der Waals surface area contributed by atoms with Crippen LogP contribution in [0, 0.1) is 5.82 Å². The van der Waals surface area contributed by atoms with Gasteiger partial charge in [0.15, 0.2) is 0 Å². The highest BCUT2D eigenvalue weighted by molar-refractivity contribution is 6.05. The molecule has 1 aliphatic rings. The molecule has 4 amide bonds. The minimum Gasteiger partial charge on any atom is -0.354 e. The van der Waals surface area contributed by atoms with Gasteiger partial charge in [-0.05, 0) is 36.6 Å². The first-order valence-electron chi connectivity index (χ1n) is 10.6. The van der Waals surface area contributed by atoms with E-state index in [1.165, 1.54) is 27.8 Å². The number of halogens is 1. The predicted octanol–water partition coefficient (Wildman–Crippen LogP) is 2.00. The predicted molar refractivity (Wildman–Crippen MR) is 122 cm³/mol. The molecule has 172 valence electrons. The molecule has 0 radical (unpaired) electrons. The van der Waals surface area contributed by atoms with Gasteiger partial charge >= 0.3 is 12.1 Å². The SMILES string of the molecule is NC(=O)n1cc(NC(=O)N2C[C@@H](N)C[C@H]2C(=O)NCCc2cccc(F)c2)c2ccccc21. The Morgan fingerprint density at radius 1 is 1.12 bits per heavy atom. The second-order valence-corrected chi connectivity index (χ2v) is 8.03. The fourth-order valence-corrected chi connectivity index (χ4v) is 4.13. The van der Waals surface area contributed by atoms with E-state index in [2.05, 4.69) is 10.6 Å². The van der Waals surface area contributed by atoms with Crippen molar-refractivity contribution in [3.05, 3.63) is 66.1 Å². The summed E-state index contributed by atoms with van der Waals surface area (Å²) >= 11 is 0. The van der Waals surface area contributed by atoms with E-state index < -0.39 is 18.1 Å². The largest absolute Gasteiger partial charge is 0.354 e. The Kier molecular flexibility index (Phi) is 6.27. The number of hydrogen-bond donors (Lipinski definition) is 4. The molecule has 0 saturated carbocycles. The Balaban J connectivity index is 1.44. The summed E-state index contributed by atoms with van der Waals surface area (Å²) in [6.45, 7) is 0.512. The number of nitrogens with one attached hydrogen (secondary N) is 2. The van der Waals surface area contributed by atoms with Crippen LogP contribution in [0.4, 0.5) is 19.7 Å². The number of carbonyl (C=O) groups is 3. The van der Waals surface area contributed by atoms with Crippen LogP contribution in [0.5, 0.6) is 0 Å². The van der Waals surface area contributed by atoms with Crippen molar-refractivity contribution in [2.45, 2.75) is 24.9 Å². The highest BCUT2D eigenvalue weighted by Crippen LogP contribution is 2.27. The van der Waals surface area contributed by atoms with E-state index in [0.29, 0.717) is 36.0 Å². The molecule has 4 rings (SSSR count). The molecule has 2 heterocycles. The van der Waals surface area contributed by atoms with Gasteiger partial charge in [-0.2, -0.15) is 0 Å². The maximum atomic E-state index is 13.3. The number of carbonyl (C=O) groups excluding carboxylic acids is 3. The van der Waals surface area contributed by atoms with E-state index in [-0.39, 0.29) is 24.3 Å². The number of fused-ring (bicyclic) bond motifs is 1. The molecule has 33 heavy (non-hydrogen) atoms. The van der Waals surface area contributed by atoms with Gasteiger partial charge in [-0.3, -0.25) is 9.36 Å². The lowest BCUT2D eigenvalue weighted by Crippen LogP contribution is -2.47. The van der Waals surface area contributed by atoms with E-state index in [1.807, 2.05) is 0 Å². The molecule has 9 nitrogen and oxygen atoms in total. The lowest BCUT2D eigenvalue weighted by Gasteiger charge is -2.24. The van der Waals surface area contributed by atoms with E-state index in [1.54, 1.807) is 36.4 Å². The van der Waals surface area contributed by atoms with Gasteiger partial charge in [0.25, 0.3) is 0 Å². The molecule has 1 saturated heterocycles. The Morgan fingerprint density at radius 3 is 2.67 bits per heavy atom. The monoisotopic (exact) mass is 452 g/mol. The number of hydrogen-bond acceptors (Lipinski definition) is 4. The molecular weight excluding hydrogens is 427 g/mol. The average Bonchev–Trinajstić information content (AvgIpc) is 3.35. The molecule has 2 atom stereocenters. The molecule has 0 unspecified atom stereocenters. The third-order valence-electron chi connectivity index (χ3n) is 5.69. The van der Waals surface area contributed by atoms with Crippen LogP contribution in [-0.4, -0.2) is 52.6 Å². The number of nitrogens with zero attached hydrogens (tertiary/aromatic N) is 2. The van der Waals surface area contributed by atoms with Crippen LogP contribution in [0.2, 0.25) is 0 Å². The van der Waals surface area contributed by atoms with Crippen LogP contribution in [-0.2, 0) is 11.2 Å². The first-order chi connectivity index (χ1) is 15.8. The summed E-state index contributed by atoms with van der Waals surface area (Å²) in [6.07, 6.45) is 2.23. The maximum Gasteiger partial charge on any atom is 0.323 e. The molecule has 1 fully saturated rings. The van der Waals surface area contributed by atoms with Crippen molar-refractivity contribution < 1.29 is 18.8 Å². The summed E-state index contributed by atoms with van der Waals surface area (Å²) in [5.74, 6) is -0.657. The fourth-order valence-electron chi connectivity index (χ4n) is 4.13. The van der Waals surface area contributed by atoms with Gasteiger partial charge in [0.2, 0.25) is 5.91 Å². The number of urea groups is 1. The lowest BCUT2D eigenvalue weighted by molar-refractivity contribution is -0.124. The van der Waals surface area contributed by atoms with E-state index in [9.17, 15) is 18.8 Å². The summed E-state index contributed by atoms with van der Waals surface area (Å²) in [5, 5.41) is 6.23. The van der Waals surface area contributed by atoms with Crippen LogP contribution in [0.3, 0.4) is 0 Å². The molecule has 1 aromatic heterocycles. The zero-order valence-corrected chi connectivity index (χ0v) is 17.8. The zero-order valence-electron chi connectivity index (χ0n) is 17.8. The highest BCUT2D eigenvalue weighted by Gasteiger charge is 2.38. The summed E-state index contributed by atoms with van der Waals surface area (Å²) in [5.41, 5.74) is 13.2. The Bertz CT molecular complexity index is 1210. The van der Waals surface area contributed by atoms with Gasteiger partial charge in [-0.15, -0.1) is 0 Å². The van der Waals surface area contributed by atoms with Gasteiger partial charge in [0.05, 0.1) is 11.2 Å². The van der Waals surface area contributed by atoms with E-state index in [0.717, 1.165) is 5.56 Å². The van der Waals surface area contributed by atoms with Crippen molar-refractivity contribution in [2.75, 3.05) is 18.4 Å². The van der Waals surface area contributed by atoms with Gasteiger partial charge < -0.3 is 27.0 Å². The minimum absolute atomic E-state index is 0.211. The maximum absolute atomic E-state index is 13.3. The van der Waals surface area contributed by atoms with Crippen LogP contribution in [0.15, 0.2) is 54.7 Å². The molecule has 1 aliphatic heterocycles. The third-order valence-corrected chi connectivity index (χ3v) is 5.69. The van der Waals surface area contributed by atoms with E-state index in [4.69, 9.17) is 11.5 Å². The summed E-state index contributed by atoms with van der Waals surface area (Å²) in [4.78, 5) is 39.0. The molecule has 10 heteroatoms. The van der Waals surface area contributed by atoms with Crippen molar-refractivity contribution in [3.63, 3.8) is 0 Å². The second-order valence-electron chi connectivity index (χ2n) is 8.03. The first kappa shape index (κ1) is 22.3. The summed E-state index contributed by atoms with van der Waals surface area (Å²) in [7, 11) is 0. The van der Waals surface area contributed by atoms with Crippen molar-refractivity contribution in [1.82, 2.24) is 14.8 Å². The summed E-state index contributed by atoms with van der Waals surface area (Å²) < 4.78 is 14.6. The number of anilines is 1. The molecular formula is C23H25FN6O3. The Morgan fingerprint density at radius 2 is 1.91 bits per heavy atom. The average molecular weight is 452 g/mol. The van der Waals surface area contributed by atoms with Crippen LogP contribution in [0.1, 0.15) is 12.0 Å². The molecule has 6 N–H and O–H groups in total. The minimum atomic E-state index is -0.739. The quantitative estimate of drug-likeness (QED) is 0.471. The van der Waals surface area contributed by atoms with Gasteiger partial charge in [-0.1, -0.05) is 30.3 Å². The zero-order chi connectivity index (χ0) is 23.5. The number of primary amides is 1. The van der Waals surface area contributed by atoms with Crippen molar-refractivity contribution in [2.24, 2.45) is 11.5 Å². The molecule has 0 spiro atoms. The Labute approximate surface area is 189 Å². The van der Waals surface area contributed by atoms with Crippen molar-refractivity contribution in [3.8, 4) is 0 Å².